The number of aliphatic carboxylic acids is 1. The molecule has 0 radical (unpaired) electrons. The van der Waals surface area contributed by atoms with Crippen LogP contribution in [0, 0.1) is 5.41 Å². The van der Waals surface area contributed by atoms with Crippen molar-refractivity contribution in [2.75, 3.05) is 13.4 Å². The molecule has 2 aliphatic rings. The van der Waals surface area contributed by atoms with Gasteiger partial charge in [-0.25, -0.2) is 4.79 Å². The third-order valence-electron chi connectivity index (χ3n) is 5.51. The molecule has 1 unspecified atom stereocenters. The molecule has 2 saturated heterocycles. The predicted molar refractivity (Wildman–Crippen MR) is 116 cm³/mol. The molecule has 11 nitrogen and oxygen atoms in total. The molecular weight excluding hydrogens is 491 g/mol. The smallest absolute Gasteiger partial charge is 0.549 e. The summed E-state index contributed by atoms with van der Waals surface area (Å²) in [6.45, 7) is 4.62. The van der Waals surface area contributed by atoms with Gasteiger partial charge in [0, 0.05) is 4.75 Å². The number of carbonyl (C=O) groups excluding carboxylic acids is 5. The van der Waals surface area contributed by atoms with Crippen LogP contribution in [0.5, 0.6) is 5.75 Å². The first-order valence-corrected chi connectivity index (χ1v) is 11.3. The van der Waals surface area contributed by atoms with Crippen molar-refractivity contribution < 1.29 is 72.8 Å². The van der Waals surface area contributed by atoms with E-state index in [1.807, 2.05) is 6.07 Å². The number of nitrogens with zero attached hydrogens (tertiary/aromatic N) is 1. The molecule has 35 heavy (non-hydrogen) atoms. The van der Waals surface area contributed by atoms with Crippen LogP contribution in [0.2, 0.25) is 0 Å². The van der Waals surface area contributed by atoms with Crippen LogP contribution in [0.15, 0.2) is 30.3 Å². The fourth-order valence-corrected chi connectivity index (χ4v) is 5.11. The molecule has 0 aromatic heterocycles. The number of para-hydroxylation sites is 1. The quantitative estimate of drug-likeness (QED) is 0.115. The zero-order valence-corrected chi connectivity index (χ0v) is 22.9. The molecule has 1 aromatic rings. The summed E-state index contributed by atoms with van der Waals surface area (Å²) in [4.78, 5) is 61.9. The Labute approximate surface area is 228 Å². The molecule has 0 spiro atoms. The maximum atomic E-state index is 12.7. The topological polar surface area (TPSA) is 151 Å². The largest absolute Gasteiger partial charge is 1.00 e. The van der Waals surface area contributed by atoms with E-state index in [0.717, 1.165) is 13.8 Å². The maximum Gasteiger partial charge on any atom is 1.00 e. The number of fused-ring (bicyclic) bond motifs is 1. The molecule has 2 fully saturated rings. The van der Waals surface area contributed by atoms with E-state index in [0.29, 0.717) is 5.75 Å². The van der Waals surface area contributed by atoms with Gasteiger partial charge in [0.2, 0.25) is 12.7 Å². The summed E-state index contributed by atoms with van der Waals surface area (Å²) < 4.78 is 14.4. The Balaban J connectivity index is 0.00000432. The number of hydrogen-bond acceptors (Lipinski definition) is 10. The van der Waals surface area contributed by atoms with Crippen LogP contribution in [0.25, 0.3) is 0 Å². The average Bonchev–Trinajstić information content (AvgIpc) is 3.04. The number of carboxylic acid groups (broad SMARTS) is 1. The van der Waals surface area contributed by atoms with E-state index >= 15 is 0 Å². The van der Waals surface area contributed by atoms with E-state index in [-0.39, 0.29) is 36.2 Å². The molecule has 1 N–H and O–H groups in total. The molecule has 2 heterocycles. The summed E-state index contributed by atoms with van der Waals surface area (Å²) in [5, 5.41) is 13.1. The van der Waals surface area contributed by atoms with Crippen molar-refractivity contribution in [3.05, 3.63) is 30.3 Å². The maximum absolute atomic E-state index is 12.7. The van der Waals surface area contributed by atoms with E-state index < -0.39 is 64.1 Å². The summed E-state index contributed by atoms with van der Waals surface area (Å²) >= 11 is 1.33. The van der Waals surface area contributed by atoms with Crippen LogP contribution in [0.1, 0.15) is 27.7 Å². The van der Waals surface area contributed by atoms with Gasteiger partial charge < -0.3 is 34.3 Å². The minimum atomic E-state index is -1.91. The number of β-lactam (4-membered cyclic amide) rings is 1. The van der Waals surface area contributed by atoms with Gasteiger partial charge in [-0.2, -0.15) is 0 Å². The molecule has 2 aliphatic heterocycles. The van der Waals surface area contributed by atoms with Crippen LogP contribution < -0.4 is 44.7 Å². The number of benzene rings is 1. The molecule has 0 aliphatic carbocycles. The standard InChI is InChI=1S/C22H26N2O9S.Na/c1-21(2,19(28)29)20(30)33-11-32-18(27)15-22(3,4)34-17-14(16(26)24(15)17)23-13(25)10-31-12-8-6-5-7-9-12;/h5-9,14-15,17H,10-11H2,1-4H3,(H,23,25)(H,28,29);/q;+1/p-1/t14?,15-,17+;/m0./s1. The van der Waals surface area contributed by atoms with Crippen molar-refractivity contribution in [3.8, 4) is 5.75 Å². The van der Waals surface area contributed by atoms with Crippen LogP contribution in [-0.4, -0.2) is 70.2 Å². The van der Waals surface area contributed by atoms with Gasteiger partial charge in [0.1, 0.15) is 28.6 Å². The number of amides is 2. The second-order valence-electron chi connectivity index (χ2n) is 8.83. The van der Waals surface area contributed by atoms with Crippen molar-refractivity contribution in [2.45, 2.75) is 49.9 Å². The van der Waals surface area contributed by atoms with E-state index in [2.05, 4.69) is 5.32 Å². The van der Waals surface area contributed by atoms with Gasteiger partial charge >= 0.3 is 41.5 Å². The molecule has 1 aromatic carbocycles. The fraction of sp³-hybridized carbons (Fsp3) is 0.500. The average molecular weight is 517 g/mol. The number of thioether (sulfide) groups is 1. The second kappa shape index (κ2) is 11.2. The normalized spacial score (nSPS) is 22.1. The summed E-state index contributed by atoms with van der Waals surface area (Å²) in [7, 11) is 0. The minimum absolute atomic E-state index is 0. The summed E-state index contributed by atoms with van der Waals surface area (Å²) in [6, 6.07) is 6.93. The molecule has 184 valence electrons. The van der Waals surface area contributed by atoms with Crippen LogP contribution in [0.3, 0.4) is 0 Å². The van der Waals surface area contributed by atoms with Crippen molar-refractivity contribution in [1.29, 1.82) is 0 Å². The van der Waals surface area contributed by atoms with Gasteiger partial charge in [-0.05, 0) is 39.8 Å². The van der Waals surface area contributed by atoms with Crippen LogP contribution in [0.4, 0.5) is 0 Å². The zero-order valence-electron chi connectivity index (χ0n) is 20.1. The molecule has 0 saturated carbocycles. The van der Waals surface area contributed by atoms with E-state index in [1.54, 1.807) is 38.1 Å². The number of hydrogen-bond donors (Lipinski definition) is 1. The number of carboxylic acids is 1. The molecule has 3 rings (SSSR count). The predicted octanol–water partition coefficient (Wildman–Crippen LogP) is -3.56. The fourth-order valence-electron chi connectivity index (χ4n) is 3.49. The van der Waals surface area contributed by atoms with Gasteiger partial charge in [0.05, 0.1) is 5.97 Å². The van der Waals surface area contributed by atoms with Crippen LogP contribution in [-0.2, 0) is 33.4 Å². The minimum Gasteiger partial charge on any atom is -0.549 e. The Morgan fingerprint density at radius 1 is 1.14 bits per heavy atom. The monoisotopic (exact) mass is 516 g/mol. The first kappa shape index (κ1) is 29.0. The van der Waals surface area contributed by atoms with Gasteiger partial charge in [0.15, 0.2) is 6.61 Å². The van der Waals surface area contributed by atoms with Crippen molar-refractivity contribution >= 4 is 41.5 Å². The van der Waals surface area contributed by atoms with Gasteiger partial charge in [-0.3, -0.25) is 14.4 Å². The third-order valence-corrected chi connectivity index (χ3v) is 7.08. The molecular formula is C22H25N2NaO9S. The van der Waals surface area contributed by atoms with Crippen molar-refractivity contribution in [2.24, 2.45) is 5.41 Å². The van der Waals surface area contributed by atoms with Gasteiger partial charge in [0.25, 0.3) is 5.91 Å². The number of ether oxygens (including phenoxy) is 3. The molecule has 13 heteroatoms. The Bertz CT molecular complexity index is 1000. The Morgan fingerprint density at radius 3 is 2.37 bits per heavy atom. The molecule has 0 bridgehead atoms. The van der Waals surface area contributed by atoms with Crippen molar-refractivity contribution in [3.63, 3.8) is 0 Å². The third kappa shape index (κ3) is 6.11. The summed E-state index contributed by atoms with van der Waals surface area (Å²) in [5.74, 6) is -3.99. The number of nitrogens with one attached hydrogen (secondary N) is 1. The number of rotatable bonds is 9. The van der Waals surface area contributed by atoms with Crippen molar-refractivity contribution in [1.82, 2.24) is 10.2 Å². The zero-order chi connectivity index (χ0) is 25.3. The van der Waals surface area contributed by atoms with E-state index in [4.69, 9.17) is 14.2 Å². The second-order valence-corrected chi connectivity index (χ2v) is 10.6. The summed E-state index contributed by atoms with van der Waals surface area (Å²) in [6.07, 6.45) is 0. The Morgan fingerprint density at radius 2 is 1.77 bits per heavy atom. The Hall–Kier alpha value is -2.28. The first-order chi connectivity index (χ1) is 15.9. The summed E-state index contributed by atoms with van der Waals surface area (Å²) in [5.41, 5.74) is -1.91. The first-order valence-electron chi connectivity index (χ1n) is 10.4. The number of esters is 2. The molecule has 3 atom stereocenters. The van der Waals surface area contributed by atoms with Gasteiger partial charge in [-0.1, -0.05) is 18.2 Å². The molecule has 2 amide bonds. The number of carbonyl (C=O) groups is 5. The van der Waals surface area contributed by atoms with E-state index in [9.17, 15) is 29.1 Å². The van der Waals surface area contributed by atoms with Gasteiger partial charge in [-0.15, -0.1) is 11.8 Å². The van der Waals surface area contributed by atoms with E-state index in [1.165, 1.54) is 16.7 Å². The van der Waals surface area contributed by atoms with Crippen LogP contribution >= 0.6 is 11.8 Å². The Kier molecular flexibility index (Phi) is 9.26. The SMILES string of the molecule is CC(C)(C(=O)[O-])C(=O)OCOC(=O)[C@@H]1N2C(=O)C(NC(=O)COc3ccccc3)[C@H]2SC1(C)C.[Na+].